The molecule has 13 heavy (non-hydrogen) atoms. The lowest BCUT2D eigenvalue weighted by Crippen LogP contribution is -2.03. The third-order valence-corrected chi connectivity index (χ3v) is 3.97. The second kappa shape index (κ2) is 3.62. The van der Waals surface area contributed by atoms with Gasteiger partial charge in [0.15, 0.2) is 0 Å². The zero-order valence-corrected chi connectivity index (χ0v) is 10.3. The van der Waals surface area contributed by atoms with Gasteiger partial charge in [-0.2, -0.15) is 0 Å². The van der Waals surface area contributed by atoms with Crippen molar-refractivity contribution in [2.45, 2.75) is 25.7 Å². The summed E-state index contributed by atoms with van der Waals surface area (Å²) in [6.45, 7) is 0. The third-order valence-electron chi connectivity index (χ3n) is 2.51. The Morgan fingerprint density at radius 3 is 2.62 bits per heavy atom. The van der Waals surface area contributed by atoms with E-state index < -0.39 is 0 Å². The summed E-state index contributed by atoms with van der Waals surface area (Å²) in [6.07, 6.45) is 4.70. The van der Waals surface area contributed by atoms with Gasteiger partial charge in [0.25, 0.3) is 0 Å². The molecule has 0 unspecified atom stereocenters. The molecule has 3 heteroatoms. The Balaban J connectivity index is 2.60. The van der Waals surface area contributed by atoms with Crippen molar-refractivity contribution >= 4 is 31.9 Å². The molecule has 1 aliphatic carbocycles. The van der Waals surface area contributed by atoms with E-state index in [0.717, 1.165) is 21.8 Å². The van der Waals surface area contributed by atoms with Gasteiger partial charge in [-0.25, -0.2) is 0 Å². The molecule has 1 N–H and O–H groups in total. The Kier molecular flexibility index (Phi) is 2.65. The second-order valence-corrected chi connectivity index (χ2v) is 5.01. The van der Waals surface area contributed by atoms with Crippen molar-refractivity contribution in [2.24, 2.45) is 0 Å². The zero-order chi connectivity index (χ0) is 9.42. The topological polar surface area (TPSA) is 20.2 Å². The van der Waals surface area contributed by atoms with Gasteiger partial charge >= 0.3 is 0 Å². The Bertz CT molecular complexity index is 347. The highest BCUT2D eigenvalue weighted by atomic mass is 79.9. The molecule has 0 atom stereocenters. The molecule has 1 nitrogen and oxygen atoms in total. The molecule has 70 valence electrons. The van der Waals surface area contributed by atoms with Gasteiger partial charge in [-0.3, -0.25) is 0 Å². The van der Waals surface area contributed by atoms with Crippen molar-refractivity contribution in [1.29, 1.82) is 0 Å². The van der Waals surface area contributed by atoms with E-state index in [1.807, 2.05) is 6.07 Å². The third kappa shape index (κ3) is 1.64. The molecule has 0 saturated heterocycles. The first kappa shape index (κ1) is 9.53. The minimum absolute atomic E-state index is 0.334. The number of halogens is 2. The van der Waals surface area contributed by atoms with Crippen molar-refractivity contribution < 1.29 is 5.11 Å². The van der Waals surface area contributed by atoms with Crippen LogP contribution in [0.3, 0.4) is 0 Å². The number of phenols is 1. The normalized spacial score (nSPS) is 15.5. The lowest BCUT2D eigenvalue weighted by Gasteiger charge is -2.18. The first-order valence-corrected chi connectivity index (χ1v) is 5.97. The van der Waals surface area contributed by atoms with E-state index in [0.29, 0.717) is 5.75 Å². The van der Waals surface area contributed by atoms with Crippen LogP contribution in [0.25, 0.3) is 0 Å². The van der Waals surface area contributed by atoms with Crippen molar-refractivity contribution in [2.75, 3.05) is 0 Å². The molecule has 0 saturated carbocycles. The van der Waals surface area contributed by atoms with Crippen LogP contribution in [0.4, 0.5) is 0 Å². The van der Waals surface area contributed by atoms with Gasteiger partial charge in [-0.05, 0) is 74.7 Å². The Morgan fingerprint density at radius 2 is 1.85 bits per heavy atom. The second-order valence-electron chi connectivity index (χ2n) is 3.37. The Hall–Kier alpha value is -0.0200. The van der Waals surface area contributed by atoms with E-state index in [1.54, 1.807) is 0 Å². The maximum atomic E-state index is 9.67. The number of rotatable bonds is 0. The monoisotopic (exact) mass is 304 g/mol. The summed E-state index contributed by atoms with van der Waals surface area (Å²) in [4.78, 5) is 0. The average molecular weight is 306 g/mol. The van der Waals surface area contributed by atoms with E-state index >= 15 is 0 Å². The van der Waals surface area contributed by atoms with Gasteiger partial charge in [0.2, 0.25) is 0 Å². The molecule has 0 radical (unpaired) electrons. The highest BCUT2D eigenvalue weighted by Gasteiger charge is 2.16. The predicted octanol–water partition coefficient (Wildman–Crippen LogP) is 3.80. The quantitative estimate of drug-likeness (QED) is 0.773. The number of benzene rings is 1. The number of phenolic OH excluding ortho intramolecular Hbond substituents is 1. The minimum Gasteiger partial charge on any atom is -0.506 e. The number of hydrogen-bond acceptors (Lipinski definition) is 1. The van der Waals surface area contributed by atoms with Crippen LogP contribution in [-0.4, -0.2) is 5.11 Å². The summed E-state index contributed by atoms with van der Waals surface area (Å²) in [5, 5.41) is 9.67. The maximum absolute atomic E-state index is 9.67. The lowest BCUT2D eigenvalue weighted by atomic mass is 9.92. The first-order chi connectivity index (χ1) is 6.20. The van der Waals surface area contributed by atoms with Crippen molar-refractivity contribution in [3.8, 4) is 5.75 Å². The zero-order valence-electron chi connectivity index (χ0n) is 7.11. The largest absolute Gasteiger partial charge is 0.506 e. The number of hydrogen-bond donors (Lipinski definition) is 1. The Labute approximate surface area is 94.4 Å². The summed E-state index contributed by atoms with van der Waals surface area (Å²) in [6, 6.07) is 2.04. The molecule has 0 heterocycles. The molecule has 0 amide bonds. The number of aryl methyl sites for hydroxylation is 1. The molecular formula is C10H10Br2O. The van der Waals surface area contributed by atoms with Crippen LogP contribution in [-0.2, 0) is 12.8 Å². The van der Waals surface area contributed by atoms with Crippen LogP contribution in [0.5, 0.6) is 5.75 Å². The van der Waals surface area contributed by atoms with Crippen LogP contribution >= 0.6 is 31.9 Å². The van der Waals surface area contributed by atoms with Crippen molar-refractivity contribution in [3.63, 3.8) is 0 Å². The van der Waals surface area contributed by atoms with Crippen LogP contribution in [0, 0.1) is 0 Å². The minimum atomic E-state index is 0.334. The van der Waals surface area contributed by atoms with E-state index in [1.165, 1.54) is 24.0 Å². The molecule has 1 aliphatic rings. The molecule has 0 aliphatic heterocycles. The molecule has 1 aromatic carbocycles. The number of aromatic hydroxyl groups is 1. The summed E-state index contributed by atoms with van der Waals surface area (Å²) in [7, 11) is 0. The molecular weight excluding hydrogens is 296 g/mol. The summed E-state index contributed by atoms with van der Waals surface area (Å²) in [5.74, 6) is 0.334. The van der Waals surface area contributed by atoms with E-state index in [9.17, 15) is 5.11 Å². The first-order valence-electron chi connectivity index (χ1n) is 4.39. The van der Waals surface area contributed by atoms with Crippen LogP contribution in [0.15, 0.2) is 15.0 Å². The summed E-state index contributed by atoms with van der Waals surface area (Å²) >= 11 is 6.78. The van der Waals surface area contributed by atoms with Gasteiger partial charge in [-0.1, -0.05) is 0 Å². The van der Waals surface area contributed by atoms with Gasteiger partial charge in [-0.15, -0.1) is 0 Å². The molecule has 0 bridgehead atoms. The fraction of sp³-hybridized carbons (Fsp3) is 0.400. The van der Waals surface area contributed by atoms with Crippen molar-refractivity contribution in [3.05, 3.63) is 26.1 Å². The SMILES string of the molecule is Oc1c(Br)cc2c(c1Br)CCCC2. The van der Waals surface area contributed by atoms with Crippen LogP contribution in [0.2, 0.25) is 0 Å². The van der Waals surface area contributed by atoms with E-state index in [-0.39, 0.29) is 0 Å². The van der Waals surface area contributed by atoms with Crippen LogP contribution < -0.4 is 0 Å². The van der Waals surface area contributed by atoms with Crippen molar-refractivity contribution in [1.82, 2.24) is 0 Å². The lowest BCUT2D eigenvalue weighted by molar-refractivity contribution is 0.466. The fourth-order valence-electron chi connectivity index (χ4n) is 1.81. The standard InChI is InChI=1S/C10H10Br2O/c11-8-5-6-3-1-2-4-7(6)9(12)10(8)13/h5,13H,1-4H2. The smallest absolute Gasteiger partial charge is 0.144 e. The van der Waals surface area contributed by atoms with E-state index in [4.69, 9.17) is 0 Å². The maximum Gasteiger partial charge on any atom is 0.144 e. The van der Waals surface area contributed by atoms with E-state index in [2.05, 4.69) is 31.9 Å². The Morgan fingerprint density at radius 1 is 1.15 bits per heavy atom. The summed E-state index contributed by atoms with van der Waals surface area (Å²) in [5.41, 5.74) is 2.65. The molecule has 1 aromatic rings. The predicted molar refractivity (Wildman–Crippen MR) is 60.1 cm³/mol. The molecule has 0 spiro atoms. The number of fused-ring (bicyclic) bond motifs is 1. The van der Waals surface area contributed by atoms with Gasteiger partial charge in [0.05, 0.1) is 8.95 Å². The summed E-state index contributed by atoms with van der Waals surface area (Å²) < 4.78 is 1.66. The fourth-order valence-corrected chi connectivity index (χ4v) is 3.21. The molecule has 0 aromatic heterocycles. The highest BCUT2D eigenvalue weighted by molar-refractivity contribution is 9.11. The van der Waals surface area contributed by atoms with Gasteiger partial charge in [0, 0.05) is 0 Å². The van der Waals surface area contributed by atoms with Crippen LogP contribution in [0.1, 0.15) is 24.0 Å². The van der Waals surface area contributed by atoms with Gasteiger partial charge < -0.3 is 5.11 Å². The average Bonchev–Trinajstić information content (AvgIpc) is 2.15. The van der Waals surface area contributed by atoms with Gasteiger partial charge in [0.1, 0.15) is 5.75 Å². The molecule has 2 rings (SSSR count). The highest BCUT2D eigenvalue weighted by Crippen LogP contribution is 2.39. The molecule has 0 fully saturated rings.